The molecule has 0 aliphatic heterocycles. The normalized spacial score (nSPS) is 11.3. The second kappa shape index (κ2) is 11.3. The highest BCUT2D eigenvalue weighted by molar-refractivity contribution is 14.0. The van der Waals surface area contributed by atoms with Crippen LogP contribution in [0.5, 0.6) is 0 Å². The van der Waals surface area contributed by atoms with Gasteiger partial charge in [-0.3, -0.25) is 9.39 Å². The molecule has 1 aromatic carbocycles. The monoisotopic (exact) mass is 510 g/mol. The van der Waals surface area contributed by atoms with Gasteiger partial charge in [-0.15, -0.1) is 45.9 Å². The summed E-state index contributed by atoms with van der Waals surface area (Å²) in [5, 5.41) is 15.2. The van der Waals surface area contributed by atoms with E-state index in [0.29, 0.717) is 0 Å². The number of nitrogens with one attached hydrogen (secondary N) is 2. The minimum Gasteiger partial charge on any atom is -0.356 e. The maximum atomic E-state index is 4.32. The molecule has 0 saturated carbocycles. The first kappa shape index (κ1) is 22.5. The van der Waals surface area contributed by atoms with Crippen molar-refractivity contribution >= 4 is 47.3 Å². The SMILES string of the molecule is CN=C(NCCCc1nnc2ccccn12)NCc1ccc(C)cc1SC.I. The van der Waals surface area contributed by atoms with Crippen molar-refractivity contribution in [3.8, 4) is 0 Å². The number of guanidine groups is 1. The van der Waals surface area contributed by atoms with Crippen molar-refractivity contribution in [1.82, 2.24) is 25.2 Å². The molecule has 28 heavy (non-hydrogen) atoms. The smallest absolute Gasteiger partial charge is 0.191 e. The Balaban J connectivity index is 0.00000280. The zero-order valence-electron chi connectivity index (χ0n) is 16.5. The number of thioether (sulfide) groups is 1. The van der Waals surface area contributed by atoms with E-state index in [1.807, 2.05) is 28.8 Å². The number of pyridine rings is 1. The van der Waals surface area contributed by atoms with Crippen LogP contribution in [-0.2, 0) is 13.0 Å². The molecule has 0 aliphatic carbocycles. The first-order valence-electron chi connectivity index (χ1n) is 9.08. The molecule has 150 valence electrons. The van der Waals surface area contributed by atoms with E-state index in [4.69, 9.17) is 0 Å². The molecule has 2 heterocycles. The molecule has 2 N–H and O–H groups in total. The lowest BCUT2D eigenvalue weighted by Crippen LogP contribution is -2.37. The van der Waals surface area contributed by atoms with Gasteiger partial charge in [0.25, 0.3) is 0 Å². The van der Waals surface area contributed by atoms with Gasteiger partial charge in [0.2, 0.25) is 0 Å². The van der Waals surface area contributed by atoms with Gasteiger partial charge in [-0.1, -0.05) is 18.2 Å². The molecule has 0 aliphatic rings. The molecule has 0 radical (unpaired) electrons. The second-order valence-electron chi connectivity index (χ2n) is 6.32. The number of rotatable bonds is 7. The average molecular weight is 510 g/mol. The minimum absolute atomic E-state index is 0. The molecule has 0 spiro atoms. The van der Waals surface area contributed by atoms with E-state index in [1.165, 1.54) is 16.0 Å². The Morgan fingerprint density at radius 3 is 2.82 bits per heavy atom. The van der Waals surface area contributed by atoms with Gasteiger partial charge in [0, 0.05) is 37.7 Å². The van der Waals surface area contributed by atoms with E-state index in [1.54, 1.807) is 18.8 Å². The third-order valence-electron chi connectivity index (χ3n) is 4.37. The Bertz CT molecular complexity index is 924. The van der Waals surface area contributed by atoms with Crippen LogP contribution in [0.4, 0.5) is 0 Å². The van der Waals surface area contributed by atoms with Crippen molar-refractivity contribution in [3.63, 3.8) is 0 Å². The Labute approximate surface area is 187 Å². The molecule has 0 fully saturated rings. The molecular weight excluding hydrogens is 483 g/mol. The van der Waals surface area contributed by atoms with Gasteiger partial charge in [0.15, 0.2) is 11.6 Å². The Kier molecular flexibility index (Phi) is 9.04. The highest BCUT2D eigenvalue weighted by Crippen LogP contribution is 2.21. The molecule has 0 atom stereocenters. The summed E-state index contributed by atoms with van der Waals surface area (Å²) >= 11 is 1.77. The largest absolute Gasteiger partial charge is 0.356 e. The van der Waals surface area contributed by atoms with Crippen molar-refractivity contribution in [2.24, 2.45) is 4.99 Å². The zero-order chi connectivity index (χ0) is 19.1. The molecule has 3 rings (SSSR count). The molecule has 6 nitrogen and oxygen atoms in total. The Morgan fingerprint density at radius 1 is 1.18 bits per heavy atom. The predicted octanol–water partition coefficient (Wildman–Crippen LogP) is 3.68. The Hall–Kier alpha value is -1.81. The van der Waals surface area contributed by atoms with E-state index in [2.05, 4.69) is 57.2 Å². The standard InChI is InChI=1S/C20H26N6S.HI/c1-15-9-10-16(17(13-15)27-3)14-23-20(21-2)22-11-6-8-19-25-24-18-7-4-5-12-26(18)19;/h4-5,7,9-10,12-13H,6,8,11,14H2,1-3H3,(H2,21,22,23);1H. The lowest BCUT2D eigenvalue weighted by atomic mass is 10.1. The molecule has 2 aromatic heterocycles. The number of hydrogen-bond acceptors (Lipinski definition) is 4. The number of fused-ring (bicyclic) bond motifs is 1. The van der Waals surface area contributed by atoms with Crippen LogP contribution in [0.1, 0.15) is 23.4 Å². The maximum absolute atomic E-state index is 4.32. The first-order chi connectivity index (χ1) is 13.2. The lowest BCUT2D eigenvalue weighted by molar-refractivity contribution is 0.713. The number of hydrogen-bond donors (Lipinski definition) is 2. The van der Waals surface area contributed by atoms with Gasteiger partial charge in [0.05, 0.1) is 0 Å². The maximum Gasteiger partial charge on any atom is 0.191 e. The van der Waals surface area contributed by atoms with Gasteiger partial charge in [0.1, 0.15) is 5.82 Å². The van der Waals surface area contributed by atoms with E-state index in [-0.39, 0.29) is 24.0 Å². The fourth-order valence-corrected chi connectivity index (χ4v) is 3.62. The molecule has 3 aromatic rings. The molecule has 0 unspecified atom stereocenters. The zero-order valence-corrected chi connectivity index (χ0v) is 19.6. The van der Waals surface area contributed by atoms with Crippen LogP contribution in [0.2, 0.25) is 0 Å². The molecule has 8 heteroatoms. The fraction of sp³-hybridized carbons (Fsp3) is 0.350. The molecular formula is C20H27IN6S. The van der Waals surface area contributed by atoms with E-state index >= 15 is 0 Å². The van der Waals surface area contributed by atoms with E-state index in [0.717, 1.165) is 43.4 Å². The predicted molar refractivity (Wildman–Crippen MR) is 128 cm³/mol. The van der Waals surface area contributed by atoms with Crippen LogP contribution in [0.3, 0.4) is 0 Å². The number of aliphatic imine (C=N–C) groups is 1. The van der Waals surface area contributed by atoms with Crippen molar-refractivity contribution in [3.05, 3.63) is 59.5 Å². The van der Waals surface area contributed by atoms with Gasteiger partial charge in [-0.25, -0.2) is 0 Å². The summed E-state index contributed by atoms with van der Waals surface area (Å²) < 4.78 is 2.04. The number of aromatic nitrogens is 3. The summed E-state index contributed by atoms with van der Waals surface area (Å²) in [6, 6.07) is 12.5. The topological polar surface area (TPSA) is 66.6 Å². The van der Waals surface area contributed by atoms with Crippen molar-refractivity contribution in [2.75, 3.05) is 19.8 Å². The summed E-state index contributed by atoms with van der Waals surface area (Å²) in [5.74, 6) is 1.80. The highest BCUT2D eigenvalue weighted by atomic mass is 127. The summed E-state index contributed by atoms with van der Waals surface area (Å²) in [4.78, 5) is 5.62. The molecule has 0 saturated heterocycles. The summed E-state index contributed by atoms with van der Waals surface area (Å²) in [6.07, 6.45) is 5.93. The minimum atomic E-state index is 0. The summed E-state index contributed by atoms with van der Waals surface area (Å²) in [7, 11) is 1.80. The lowest BCUT2D eigenvalue weighted by Gasteiger charge is -2.14. The third kappa shape index (κ3) is 5.84. The average Bonchev–Trinajstić information content (AvgIpc) is 3.11. The molecule has 0 bridgehead atoms. The second-order valence-corrected chi connectivity index (χ2v) is 7.16. The highest BCUT2D eigenvalue weighted by Gasteiger charge is 2.06. The van der Waals surface area contributed by atoms with E-state index < -0.39 is 0 Å². The van der Waals surface area contributed by atoms with Crippen LogP contribution in [0.15, 0.2) is 52.5 Å². The number of halogens is 1. The summed E-state index contributed by atoms with van der Waals surface area (Å²) in [5.41, 5.74) is 3.46. The quantitative estimate of drug-likeness (QED) is 0.167. The fourth-order valence-electron chi connectivity index (χ4n) is 2.91. The van der Waals surface area contributed by atoms with Crippen LogP contribution in [-0.4, -0.2) is 40.4 Å². The van der Waals surface area contributed by atoms with Crippen molar-refractivity contribution in [1.29, 1.82) is 0 Å². The van der Waals surface area contributed by atoms with Crippen molar-refractivity contribution < 1.29 is 0 Å². The number of aryl methyl sites for hydroxylation is 2. The van der Waals surface area contributed by atoms with Crippen LogP contribution >= 0.6 is 35.7 Å². The van der Waals surface area contributed by atoms with E-state index in [9.17, 15) is 0 Å². The summed E-state index contributed by atoms with van der Waals surface area (Å²) in [6.45, 7) is 3.70. The van der Waals surface area contributed by atoms with Gasteiger partial charge < -0.3 is 10.6 Å². The number of benzene rings is 1. The van der Waals surface area contributed by atoms with Gasteiger partial charge >= 0.3 is 0 Å². The van der Waals surface area contributed by atoms with Gasteiger partial charge in [-0.05, 0) is 48.9 Å². The van der Waals surface area contributed by atoms with Crippen LogP contribution in [0, 0.1) is 6.92 Å². The third-order valence-corrected chi connectivity index (χ3v) is 5.19. The molecule has 0 amide bonds. The van der Waals surface area contributed by atoms with Gasteiger partial charge in [-0.2, -0.15) is 0 Å². The first-order valence-corrected chi connectivity index (χ1v) is 10.3. The number of nitrogens with zero attached hydrogens (tertiary/aromatic N) is 4. The Morgan fingerprint density at radius 2 is 2.04 bits per heavy atom. The van der Waals surface area contributed by atoms with Crippen LogP contribution < -0.4 is 10.6 Å². The van der Waals surface area contributed by atoms with Crippen LogP contribution in [0.25, 0.3) is 5.65 Å². The van der Waals surface area contributed by atoms with Crippen molar-refractivity contribution in [2.45, 2.75) is 31.2 Å².